The molecule has 3 heteroatoms. The molecule has 118 valence electrons. The van der Waals surface area contributed by atoms with Crippen LogP contribution in [-0.4, -0.2) is 8.32 Å². The molecule has 0 saturated carbocycles. The lowest BCUT2D eigenvalue weighted by atomic mass is 10.1. The van der Waals surface area contributed by atoms with Gasteiger partial charge in [0.25, 0.3) is 8.32 Å². The average molecular weight is 315 g/mol. The van der Waals surface area contributed by atoms with E-state index in [1.165, 1.54) is 5.56 Å². The predicted octanol–water partition coefficient (Wildman–Crippen LogP) is 5.89. The van der Waals surface area contributed by atoms with Crippen LogP contribution in [0.1, 0.15) is 32.1 Å². The third-order valence-electron chi connectivity index (χ3n) is 4.39. The van der Waals surface area contributed by atoms with E-state index in [2.05, 4.69) is 51.1 Å². The second-order valence-electron chi connectivity index (χ2n) is 5.58. The zero-order valence-corrected chi connectivity index (χ0v) is 14.8. The van der Waals surface area contributed by atoms with Crippen molar-refractivity contribution in [1.29, 1.82) is 0 Å². The Bertz CT molecular complexity index is 560. The summed E-state index contributed by atoms with van der Waals surface area (Å²) in [5.41, 5.74) is 1.28. The van der Waals surface area contributed by atoms with Crippen molar-refractivity contribution >= 4 is 14.1 Å². The Morgan fingerprint density at radius 3 is 2.23 bits per heavy atom. The predicted molar refractivity (Wildman–Crippen MR) is 95.1 cm³/mol. The van der Waals surface area contributed by atoms with Gasteiger partial charge in [-0.15, -0.1) is 0 Å². The smallest absolute Gasteiger partial charge is 0.250 e. The summed E-state index contributed by atoms with van der Waals surface area (Å²) in [7, 11) is -1.70. The van der Waals surface area contributed by atoms with Crippen molar-refractivity contribution in [2.24, 2.45) is 0 Å². The fourth-order valence-electron chi connectivity index (χ4n) is 2.64. The van der Waals surface area contributed by atoms with Crippen LogP contribution < -0.4 is 0 Å². The quantitative estimate of drug-likeness (QED) is 0.448. The maximum atomic E-state index is 6.56. The van der Waals surface area contributed by atoms with Gasteiger partial charge < -0.3 is 8.84 Å². The first-order valence-electron chi connectivity index (χ1n) is 8.20. The van der Waals surface area contributed by atoms with Gasteiger partial charge in [0.15, 0.2) is 5.76 Å². The van der Waals surface area contributed by atoms with E-state index in [0.29, 0.717) is 0 Å². The highest BCUT2D eigenvalue weighted by Crippen LogP contribution is 2.29. The summed E-state index contributed by atoms with van der Waals surface area (Å²) in [5, 5.41) is 0. The number of furan rings is 1. The van der Waals surface area contributed by atoms with Gasteiger partial charge in [-0.3, -0.25) is 0 Å². The van der Waals surface area contributed by atoms with Gasteiger partial charge in [0.05, 0.1) is 6.26 Å². The van der Waals surface area contributed by atoms with Gasteiger partial charge in [-0.1, -0.05) is 51.1 Å². The van der Waals surface area contributed by atoms with Crippen molar-refractivity contribution in [3.05, 3.63) is 66.1 Å². The van der Waals surface area contributed by atoms with Crippen LogP contribution in [-0.2, 0) is 10.8 Å². The van der Waals surface area contributed by atoms with E-state index in [0.717, 1.165) is 36.1 Å². The van der Waals surface area contributed by atoms with Crippen molar-refractivity contribution in [2.75, 3.05) is 0 Å². The highest BCUT2D eigenvalue weighted by molar-refractivity contribution is 6.74. The van der Waals surface area contributed by atoms with Crippen LogP contribution in [0.4, 0.5) is 0 Å². The summed E-state index contributed by atoms with van der Waals surface area (Å²) in [6, 6.07) is 17.7. The van der Waals surface area contributed by atoms with E-state index < -0.39 is 8.32 Å². The summed E-state index contributed by atoms with van der Waals surface area (Å²) in [6.45, 7) is 6.74. The minimum absolute atomic E-state index is 0.836. The number of hydrogen-bond donors (Lipinski definition) is 0. The Balaban J connectivity index is 2.24. The molecule has 0 bridgehead atoms. The van der Waals surface area contributed by atoms with Crippen molar-refractivity contribution in [3.8, 4) is 0 Å². The van der Waals surface area contributed by atoms with Gasteiger partial charge in [-0.25, -0.2) is 0 Å². The summed E-state index contributed by atoms with van der Waals surface area (Å²) in [5.74, 6) is 1.74. The van der Waals surface area contributed by atoms with Crippen LogP contribution in [0.3, 0.4) is 0 Å². The Morgan fingerprint density at radius 1 is 1.00 bits per heavy atom. The lowest BCUT2D eigenvalue weighted by Crippen LogP contribution is -2.35. The third kappa shape index (κ3) is 4.14. The van der Waals surface area contributed by atoms with Crippen molar-refractivity contribution < 1.29 is 8.84 Å². The van der Waals surface area contributed by atoms with Crippen LogP contribution in [0.25, 0.3) is 5.76 Å². The molecule has 0 atom stereocenters. The minimum atomic E-state index is -1.70. The van der Waals surface area contributed by atoms with Crippen LogP contribution >= 0.6 is 0 Å². The van der Waals surface area contributed by atoms with E-state index >= 15 is 0 Å². The molecule has 0 fully saturated rings. The van der Waals surface area contributed by atoms with Crippen LogP contribution in [0.2, 0.25) is 18.1 Å². The first-order valence-corrected chi connectivity index (χ1v) is 10.7. The first kappa shape index (κ1) is 16.6. The molecule has 2 aromatic rings. The van der Waals surface area contributed by atoms with Gasteiger partial charge in [-0.2, -0.15) is 0 Å². The Hall–Kier alpha value is -1.74. The zero-order valence-electron chi connectivity index (χ0n) is 13.8. The highest BCUT2D eigenvalue weighted by atomic mass is 28.4. The molecule has 0 aliphatic carbocycles. The Morgan fingerprint density at radius 2 is 1.68 bits per heavy atom. The second-order valence-corrected chi connectivity index (χ2v) is 10.3. The Kier molecular flexibility index (Phi) is 6.07. The van der Waals surface area contributed by atoms with E-state index in [9.17, 15) is 0 Å². The van der Waals surface area contributed by atoms with Crippen LogP contribution in [0.15, 0.2) is 59.2 Å². The summed E-state index contributed by atoms with van der Waals surface area (Å²) >= 11 is 0. The molecule has 0 N–H and O–H groups in total. The molecule has 1 heterocycles. The van der Waals surface area contributed by atoms with Gasteiger partial charge in [0.2, 0.25) is 0 Å². The summed E-state index contributed by atoms with van der Waals surface area (Å²) < 4.78 is 12.2. The number of hydrogen-bond acceptors (Lipinski definition) is 2. The highest BCUT2D eigenvalue weighted by Gasteiger charge is 2.32. The molecule has 1 aromatic heterocycles. The van der Waals surface area contributed by atoms with E-state index in [1.807, 2.05) is 18.2 Å². The number of rotatable bonds is 8. The second kappa shape index (κ2) is 8.04. The van der Waals surface area contributed by atoms with Gasteiger partial charge in [-0.05, 0) is 48.3 Å². The maximum Gasteiger partial charge on any atom is 0.250 e. The zero-order chi connectivity index (χ0) is 15.8. The standard InChI is InChI=1S/C19H26O2Si/c1-4-22(5-2,6-3)21-19(18-13-10-16-20-18)15-14-17-11-8-7-9-12-17/h7-13,15-16H,4-6,14H2,1-3H3/b19-15+. The SMILES string of the molecule is CC[Si](CC)(CC)O/C(=C/Cc1ccccc1)c1ccco1. The molecular weight excluding hydrogens is 288 g/mol. The minimum Gasteiger partial charge on any atom is -0.541 e. The molecule has 22 heavy (non-hydrogen) atoms. The lowest BCUT2D eigenvalue weighted by Gasteiger charge is -2.29. The Labute approximate surface area is 134 Å². The first-order chi connectivity index (χ1) is 10.7. The lowest BCUT2D eigenvalue weighted by molar-refractivity contribution is 0.448. The molecular formula is C19H26O2Si. The van der Waals surface area contributed by atoms with E-state index in [1.54, 1.807) is 6.26 Å². The van der Waals surface area contributed by atoms with Crippen molar-refractivity contribution in [3.63, 3.8) is 0 Å². The number of benzene rings is 1. The normalized spacial score (nSPS) is 12.4. The molecule has 0 aliphatic rings. The van der Waals surface area contributed by atoms with E-state index in [-0.39, 0.29) is 0 Å². The monoisotopic (exact) mass is 314 g/mol. The molecule has 2 rings (SSSR count). The molecule has 0 spiro atoms. The molecule has 0 amide bonds. The van der Waals surface area contributed by atoms with Crippen molar-refractivity contribution in [2.45, 2.75) is 45.3 Å². The van der Waals surface area contributed by atoms with Crippen LogP contribution in [0.5, 0.6) is 0 Å². The van der Waals surface area contributed by atoms with Gasteiger partial charge in [0, 0.05) is 0 Å². The van der Waals surface area contributed by atoms with E-state index in [4.69, 9.17) is 8.84 Å². The molecule has 1 aromatic carbocycles. The number of allylic oxidation sites excluding steroid dienone is 1. The van der Waals surface area contributed by atoms with Gasteiger partial charge >= 0.3 is 0 Å². The fourth-order valence-corrected chi connectivity index (χ4v) is 5.22. The largest absolute Gasteiger partial charge is 0.541 e. The van der Waals surface area contributed by atoms with Crippen molar-refractivity contribution in [1.82, 2.24) is 0 Å². The third-order valence-corrected chi connectivity index (χ3v) is 8.91. The molecule has 2 nitrogen and oxygen atoms in total. The van der Waals surface area contributed by atoms with Gasteiger partial charge in [0.1, 0.15) is 5.76 Å². The maximum absolute atomic E-state index is 6.56. The average Bonchev–Trinajstić information content (AvgIpc) is 3.11. The molecule has 0 saturated heterocycles. The molecule has 0 radical (unpaired) electrons. The van der Waals surface area contributed by atoms with Crippen LogP contribution in [0, 0.1) is 0 Å². The molecule has 0 aliphatic heterocycles. The summed E-state index contributed by atoms with van der Waals surface area (Å²) in [6.07, 6.45) is 4.73. The molecule has 0 unspecified atom stereocenters. The summed E-state index contributed by atoms with van der Waals surface area (Å²) in [4.78, 5) is 0. The fraction of sp³-hybridized carbons (Fsp3) is 0.368. The topological polar surface area (TPSA) is 22.4 Å².